The Kier molecular flexibility index (Phi) is 2.05. The number of nitrogens with zero attached hydrogens (tertiary/aromatic N) is 4. The van der Waals surface area contributed by atoms with E-state index in [1.165, 1.54) is 30.1 Å². The molecule has 2 rings (SSSR count). The number of aromatic nitrogens is 4. The summed E-state index contributed by atoms with van der Waals surface area (Å²) < 4.78 is 0. The smallest absolute Gasteiger partial charge is 0.161 e. The average molecular weight is 192 g/mol. The van der Waals surface area contributed by atoms with Crippen LogP contribution in [-0.4, -0.2) is 26.5 Å². The number of aldehydes is 1. The molecule has 0 unspecified atom stereocenters. The maximum atomic E-state index is 10.4. The molecule has 6 heteroatoms. The molecule has 64 valence electrons. The molecule has 0 bridgehead atoms. The van der Waals surface area contributed by atoms with E-state index in [4.69, 9.17) is 0 Å². The molecule has 0 spiro atoms. The van der Waals surface area contributed by atoms with E-state index in [2.05, 4.69) is 20.2 Å². The van der Waals surface area contributed by atoms with Crippen molar-refractivity contribution in [2.24, 2.45) is 0 Å². The van der Waals surface area contributed by atoms with Crippen molar-refractivity contribution in [3.8, 4) is 10.7 Å². The lowest BCUT2D eigenvalue weighted by Crippen LogP contribution is -1.85. The molecule has 0 aliphatic carbocycles. The molecule has 0 N–H and O–H groups in total. The van der Waals surface area contributed by atoms with Gasteiger partial charge in [-0.05, 0) is 0 Å². The summed E-state index contributed by atoms with van der Waals surface area (Å²) in [4.78, 5) is 18.9. The summed E-state index contributed by atoms with van der Waals surface area (Å²) in [5.74, 6) is 0. The van der Waals surface area contributed by atoms with Crippen molar-refractivity contribution in [1.29, 1.82) is 0 Å². The van der Waals surface area contributed by atoms with Gasteiger partial charge in [0.25, 0.3) is 0 Å². The topological polar surface area (TPSA) is 68.6 Å². The summed E-state index contributed by atoms with van der Waals surface area (Å²) in [6.45, 7) is 0. The highest BCUT2D eigenvalue weighted by atomic mass is 32.1. The Hall–Kier alpha value is -1.69. The standard InChI is InChI=1S/C7H4N4OS/c12-3-5-1-8-7(13-5)6-2-10-11-4-9-6/h1-4H. The van der Waals surface area contributed by atoms with Crippen molar-refractivity contribution in [3.63, 3.8) is 0 Å². The zero-order valence-corrected chi connectivity index (χ0v) is 7.23. The second-order valence-electron chi connectivity index (χ2n) is 2.18. The van der Waals surface area contributed by atoms with Gasteiger partial charge < -0.3 is 0 Å². The van der Waals surface area contributed by atoms with Crippen molar-refractivity contribution in [2.75, 3.05) is 0 Å². The minimum Gasteiger partial charge on any atom is -0.297 e. The van der Waals surface area contributed by atoms with Gasteiger partial charge in [0.05, 0.1) is 11.1 Å². The number of rotatable bonds is 2. The van der Waals surface area contributed by atoms with Gasteiger partial charge >= 0.3 is 0 Å². The van der Waals surface area contributed by atoms with E-state index >= 15 is 0 Å². The van der Waals surface area contributed by atoms with Gasteiger partial charge in [0, 0.05) is 6.20 Å². The van der Waals surface area contributed by atoms with Crippen LogP contribution in [0.15, 0.2) is 18.7 Å². The van der Waals surface area contributed by atoms with E-state index in [9.17, 15) is 4.79 Å². The lowest BCUT2D eigenvalue weighted by molar-refractivity contribution is 0.112. The van der Waals surface area contributed by atoms with E-state index in [0.29, 0.717) is 15.6 Å². The van der Waals surface area contributed by atoms with Crippen LogP contribution in [0, 0.1) is 0 Å². The van der Waals surface area contributed by atoms with Crippen molar-refractivity contribution >= 4 is 17.6 Å². The quantitative estimate of drug-likeness (QED) is 0.658. The van der Waals surface area contributed by atoms with Crippen molar-refractivity contribution in [2.45, 2.75) is 0 Å². The van der Waals surface area contributed by atoms with Crippen LogP contribution in [0.1, 0.15) is 9.67 Å². The summed E-state index contributed by atoms with van der Waals surface area (Å²) >= 11 is 1.28. The first-order chi connectivity index (χ1) is 6.40. The van der Waals surface area contributed by atoms with E-state index in [1.54, 1.807) is 0 Å². The van der Waals surface area contributed by atoms with E-state index in [1.807, 2.05) is 0 Å². The van der Waals surface area contributed by atoms with Crippen molar-refractivity contribution in [3.05, 3.63) is 23.6 Å². The Balaban J connectivity index is 2.41. The Morgan fingerprint density at radius 1 is 1.23 bits per heavy atom. The fourth-order valence-corrected chi connectivity index (χ4v) is 1.50. The summed E-state index contributed by atoms with van der Waals surface area (Å²) in [5.41, 5.74) is 0.633. The SMILES string of the molecule is O=Cc1cnc(-c2cnncn2)s1. The second-order valence-corrected chi connectivity index (χ2v) is 3.24. The van der Waals surface area contributed by atoms with Crippen LogP contribution in [0.25, 0.3) is 10.7 Å². The molecule has 0 saturated heterocycles. The zero-order chi connectivity index (χ0) is 9.10. The third-order valence-corrected chi connectivity index (χ3v) is 2.30. The van der Waals surface area contributed by atoms with E-state index < -0.39 is 0 Å². The Labute approximate surface area is 77.5 Å². The maximum Gasteiger partial charge on any atom is 0.161 e. The predicted octanol–water partition coefficient (Wildman–Crippen LogP) is 0.808. The van der Waals surface area contributed by atoms with Gasteiger partial charge in [-0.25, -0.2) is 9.97 Å². The summed E-state index contributed by atoms with van der Waals surface area (Å²) in [7, 11) is 0. The monoisotopic (exact) mass is 192 g/mol. The van der Waals surface area contributed by atoms with Gasteiger partial charge in [-0.15, -0.1) is 16.4 Å². The lowest BCUT2D eigenvalue weighted by Gasteiger charge is -1.89. The largest absolute Gasteiger partial charge is 0.297 e. The van der Waals surface area contributed by atoms with Crippen LogP contribution in [-0.2, 0) is 0 Å². The molecule has 2 aromatic heterocycles. The van der Waals surface area contributed by atoms with E-state index in [-0.39, 0.29) is 0 Å². The summed E-state index contributed by atoms with van der Waals surface area (Å²) in [6, 6.07) is 0. The zero-order valence-electron chi connectivity index (χ0n) is 6.41. The molecular weight excluding hydrogens is 188 g/mol. The first kappa shape index (κ1) is 7.93. The molecule has 5 nitrogen and oxygen atoms in total. The minimum absolute atomic E-state index is 0.577. The molecule has 0 aliphatic heterocycles. The molecule has 0 amide bonds. The fraction of sp³-hybridized carbons (Fsp3) is 0. The molecule has 2 heterocycles. The fourth-order valence-electron chi connectivity index (χ4n) is 0.809. The maximum absolute atomic E-state index is 10.4. The summed E-state index contributed by atoms with van der Waals surface area (Å²) in [6.07, 6.45) is 5.12. The molecule has 13 heavy (non-hydrogen) atoms. The number of hydrogen-bond donors (Lipinski definition) is 0. The number of thiazole rings is 1. The van der Waals surface area contributed by atoms with Gasteiger partial charge in [-0.2, -0.15) is 5.10 Å². The minimum atomic E-state index is 0.577. The Morgan fingerprint density at radius 3 is 2.77 bits per heavy atom. The van der Waals surface area contributed by atoms with Crippen LogP contribution in [0.3, 0.4) is 0 Å². The predicted molar refractivity (Wildman–Crippen MR) is 46.3 cm³/mol. The Bertz CT molecular complexity index is 413. The number of hydrogen-bond acceptors (Lipinski definition) is 6. The normalized spacial score (nSPS) is 9.85. The van der Waals surface area contributed by atoms with Gasteiger partial charge in [-0.3, -0.25) is 4.79 Å². The lowest BCUT2D eigenvalue weighted by atomic mass is 10.5. The highest BCUT2D eigenvalue weighted by Crippen LogP contribution is 2.20. The van der Waals surface area contributed by atoms with Gasteiger partial charge in [0.2, 0.25) is 0 Å². The van der Waals surface area contributed by atoms with Crippen molar-refractivity contribution in [1.82, 2.24) is 20.2 Å². The third kappa shape index (κ3) is 1.57. The van der Waals surface area contributed by atoms with Crippen LogP contribution >= 0.6 is 11.3 Å². The molecule has 0 atom stereocenters. The number of carbonyl (C=O) groups is 1. The van der Waals surface area contributed by atoms with Crippen LogP contribution in [0.5, 0.6) is 0 Å². The van der Waals surface area contributed by atoms with E-state index in [0.717, 1.165) is 6.29 Å². The van der Waals surface area contributed by atoms with Crippen LogP contribution in [0.4, 0.5) is 0 Å². The highest BCUT2D eigenvalue weighted by molar-refractivity contribution is 7.16. The molecular formula is C7H4N4OS. The molecule has 0 radical (unpaired) electrons. The third-order valence-electron chi connectivity index (χ3n) is 1.35. The molecule has 0 aliphatic rings. The van der Waals surface area contributed by atoms with Gasteiger partial charge in [0.15, 0.2) is 6.29 Å². The van der Waals surface area contributed by atoms with Crippen LogP contribution < -0.4 is 0 Å². The average Bonchev–Trinajstić information content (AvgIpc) is 2.67. The Morgan fingerprint density at radius 2 is 2.15 bits per heavy atom. The van der Waals surface area contributed by atoms with Crippen molar-refractivity contribution < 1.29 is 4.79 Å². The summed E-state index contributed by atoms with van der Waals surface area (Å²) in [5, 5.41) is 7.88. The first-order valence-corrected chi connectivity index (χ1v) is 4.26. The highest BCUT2D eigenvalue weighted by Gasteiger charge is 2.04. The molecule has 0 aromatic carbocycles. The van der Waals surface area contributed by atoms with Gasteiger partial charge in [0.1, 0.15) is 17.0 Å². The first-order valence-electron chi connectivity index (χ1n) is 3.44. The molecule has 0 fully saturated rings. The second kappa shape index (κ2) is 3.36. The van der Waals surface area contributed by atoms with Crippen LogP contribution in [0.2, 0.25) is 0 Å². The van der Waals surface area contributed by atoms with Gasteiger partial charge in [-0.1, -0.05) is 0 Å². The molecule has 2 aromatic rings. The number of carbonyl (C=O) groups excluding carboxylic acids is 1. The molecule has 0 saturated carbocycles.